The number of hydrogen-bond acceptors (Lipinski definition) is 8. The summed E-state index contributed by atoms with van der Waals surface area (Å²) >= 11 is 0. The standard InChI is InChI=1S/C25H26N6O4/c32-25(20-6-8-22(23(18-20)31(33)34)28-14-16-35-17-15-28)30-12-10-29(11-13-30)24-9-7-21(26-27-24)19-4-2-1-3-5-19/h1-9,18H,10-17H2. The molecule has 10 nitrogen and oxygen atoms in total. The number of hydrogen-bond donors (Lipinski definition) is 0. The van der Waals surface area contributed by atoms with Gasteiger partial charge in [0.1, 0.15) is 5.69 Å². The number of carbonyl (C=O) groups excluding carboxylic acids is 1. The van der Waals surface area contributed by atoms with Gasteiger partial charge in [0.15, 0.2) is 5.82 Å². The van der Waals surface area contributed by atoms with E-state index >= 15 is 0 Å². The van der Waals surface area contributed by atoms with Gasteiger partial charge in [0.25, 0.3) is 11.6 Å². The summed E-state index contributed by atoms with van der Waals surface area (Å²) in [6.45, 7) is 4.46. The second-order valence-corrected chi connectivity index (χ2v) is 8.48. The van der Waals surface area contributed by atoms with Crippen molar-refractivity contribution in [2.75, 3.05) is 62.3 Å². The molecule has 0 atom stereocenters. The second-order valence-electron chi connectivity index (χ2n) is 8.48. The summed E-state index contributed by atoms with van der Waals surface area (Å²) in [6.07, 6.45) is 0. The number of rotatable bonds is 5. The highest BCUT2D eigenvalue weighted by Crippen LogP contribution is 2.30. The van der Waals surface area contributed by atoms with Crippen molar-refractivity contribution in [1.29, 1.82) is 0 Å². The first-order chi connectivity index (χ1) is 17.1. The number of nitrogens with zero attached hydrogens (tertiary/aromatic N) is 6. The number of benzene rings is 2. The van der Waals surface area contributed by atoms with Crippen LogP contribution in [0.15, 0.2) is 60.7 Å². The summed E-state index contributed by atoms with van der Waals surface area (Å²) in [5, 5.41) is 20.5. The van der Waals surface area contributed by atoms with E-state index in [1.54, 1.807) is 17.0 Å². The monoisotopic (exact) mass is 474 g/mol. The fourth-order valence-corrected chi connectivity index (χ4v) is 4.45. The van der Waals surface area contributed by atoms with Crippen LogP contribution in [0, 0.1) is 10.1 Å². The van der Waals surface area contributed by atoms with Gasteiger partial charge >= 0.3 is 0 Å². The third-order valence-electron chi connectivity index (χ3n) is 6.38. The van der Waals surface area contributed by atoms with Crippen LogP contribution in [0.1, 0.15) is 10.4 Å². The molecule has 2 fully saturated rings. The Labute approximate surface area is 202 Å². The Morgan fingerprint density at radius 2 is 1.60 bits per heavy atom. The van der Waals surface area contributed by atoms with E-state index in [-0.39, 0.29) is 11.6 Å². The summed E-state index contributed by atoms with van der Waals surface area (Å²) in [4.78, 5) is 30.2. The van der Waals surface area contributed by atoms with Crippen LogP contribution in [0.5, 0.6) is 0 Å². The topological polar surface area (TPSA) is 105 Å². The number of anilines is 2. The first-order valence-electron chi connectivity index (χ1n) is 11.6. The Hall–Kier alpha value is -4.05. The maximum Gasteiger partial charge on any atom is 0.293 e. The van der Waals surface area contributed by atoms with Crippen molar-refractivity contribution in [2.45, 2.75) is 0 Å². The lowest BCUT2D eigenvalue weighted by Gasteiger charge is -2.35. The van der Waals surface area contributed by atoms with Crippen molar-refractivity contribution in [3.8, 4) is 11.3 Å². The largest absolute Gasteiger partial charge is 0.378 e. The molecule has 0 saturated carbocycles. The number of nitro benzene ring substituents is 1. The Balaban J connectivity index is 1.24. The minimum absolute atomic E-state index is 0.0508. The molecule has 0 N–H and O–H groups in total. The third kappa shape index (κ3) is 4.92. The van der Waals surface area contributed by atoms with E-state index in [0.717, 1.165) is 17.1 Å². The summed E-state index contributed by atoms with van der Waals surface area (Å²) in [5.74, 6) is 0.564. The van der Waals surface area contributed by atoms with E-state index in [1.165, 1.54) is 6.07 Å². The lowest BCUT2D eigenvalue weighted by atomic mass is 10.1. The number of ether oxygens (including phenoxy) is 1. The smallest absolute Gasteiger partial charge is 0.293 e. The molecule has 2 saturated heterocycles. The second kappa shape index (κ2) is 10.1. The predicted octanol–water partition coefficient (Wildman–Crippen LogP) is 2.85. The average Bonchev–Trinajstić information content (AvgIpc) is 2.93. The van der Waals surface area contributed by atoms with E-state index in [9.17, 15) is 14.9 Å². The predicted molar refractivity (Wildman–Crippen MR) is 132 cm³/mol. The number of aromatic nitrogens is 2. The molecule has 35 heavy (non-hydrogen) atoms. The molecule has 10 heteroatoms. The van der Waals surface area contributed by atoms with Crippen LogP contribution in [-0.2, 0) is 4.74 Å². The molecule has 180 valence electrons. The molecule has 1 amide bonds. The summed E-state index contributed by atoms with van der Waals surface area (Å²) in [5.41, 5.74) is 2.62. The van der Waals surface area contributed by atoms with Gasteiger partial charge in [0, 0.05) is 56.5 Å². The number of morpholine rings is 1. The van der Waals surface area contributed by atoms with Crippen LogP contribution < -0.4 is 9.80 Å². The van der Waals surface area contributed by atoms with Crippen molar-refractivity contribution >= 4 is 23.1 Å². The minimum atomic E-state index is -0.419. The molecular weight excluding hydrogens is 448 g/mol. The zero-order chi connectivity index (χ0) is 24.2. The van der Waals surface area contributed by atoms with Gasteiger partial charge in [-0.3, -0.25) is 14.9 Å². The number of nitro groups is 1. The van der Waals surface area contributed by atoms with E-state index in [4.69, 9.17) is 4.74 Å². The first-order valence-corrected chi connectivity index (χ1v) is 11.6. The maximum absolute atomic E-state index is 13.1. The number of amides is 1. The Kier molecular flexibility index (Phi) is 6.53. The molecular formula is C25H26N6O4. The maximum atomic E-state index is 13.1. The molecule has 2 aromatic carbocycles. The lowest BCUT2D eigenvalue weighted by molar-refractivity contribution is -0.384. The van der Waals surface area contributed by atoms with Gasteiger partial charge in [0.2, 0.25) is 0 Å². The molecule has 0 bridgehead atoms. The summed E-state index contributed by atoms with van der Waals surface area (Å²) in [6, 6.07) is 18.5. The first kappa shape index (κ1) is 22.7. The van der Waals surface area contributed by atoms with Crippen molar-refractivity contribution in [2.24, 2.45) is 0 Å². The van der Waals surface area contributed by atoms with Crippen LogP contribution in [0.25, 0.3) is 11.3 Å². The van der Waals surface area contributed by atoms with Gasteiger partial charge in [-0.2, -0.15) is 0 Å². The molecule has 0 unspecified atom stereocenters. The average molecular weight is 475 g/mol. The highest BCUT2D eigenvalue weighted by molar-refractivity contribution is 5.96. The minimum Gasteiger partial charge on any atom is -0.378 e. The van der Waals surface area contributed by atoms with Gasteiger partial charge in [0.05, 0.1) is 23.8 Å². The molecule has 5 rings (SSSR count). The molecule has 0 spiro atoms. The quantitative estimate of drug-likeness (QED) is 0.411. The Bertz CT molecular complexity index is 1190. The third-order valence-corrected chi connectivity index (χ3v) is 6.38. The van der Waals surface area contributed by atoms with Crippen LogP contribution in [0.2, 0.25) is 0 Å². The lowest BCUT2D eigenvalue weighted by Crippen LogP contribution is -2.49. The molecule has 3 heterocycles. The van der Waals surface area contributed by atoms with Crippen LogP contribution in [0.3, 0.4) is 0 Å². The van der Waals surface area contributed by atoms with Crippen molar-refractivity contribution in [3.05, 3.63) is 76.3 Å². The molecule has 0 aliphatic carbocycles. The van der Waals surface area contributed by atoms with Crippen molar-refractivity contribution in [3.63, 3.8) is 0 Å². The zero-order valence-electron chi connectivity index (χ0n) is 19.2. The SMILES string of the molecule is O=C(c1ccc(N2CCOCC2)c([N+](=O)[O-])c1)N1CCN(c2ccc(-c3ccccc3)nn2)CC1. The van der Waals surface area contributed by atoms with E-state index in [2.05, 4.69) is 15.1 Å². The van der Waals surface area contributed by atoms with Gasteiger partial charge < -0.3 is 19.4 Å². The number of carbonyl (C=O) groups is 1. The Morgan fingerprint density at radius 1 is 0.857 bits per heavy atom. The van der Waals surface area contributed by atoms with Gasteiger partial charge in [-0.25, -0.2) is 0 Å². The fourth-order valence-electron chi connectivity index (χ4n) is 4.45. The molecule has 0 radical (unpaired) electrons. The highest BCUT2D eigenvalue weighted by Gasteiger charge is 2.27. The molecule has 3 aromatic rings. The van der Waals surface area contributed by atoms with Crippen molar-refractivity contribution in [1.82, 2.24) is 15.1 Å². The normalized spacial score (nSPS) is 16.3. The van der Waals surface area contributed by atoms with Crippen LogP contribution in [-0.4, -0.2) is 78.4 Å². The Morgan fingerprint density at radius 3 is 2.26 bits per heavy atom. The zero-order valence-corrected chi connectivity index (χ0v) is 19.2. The highest BCUT2D eigenvalue weighted by atomic mass is 16.6. The van der Waals surface area contributed by atoms with E-state index in [1.807, 2.05) is 47.4 Å². The number of piperazine rings is 1. The summed E-state index contributed by atoms with van der Waals surface area (Å²) < 4.78 is 5.34. The van der Waals surface area contributed by atoms with Crippen LogP contribution in [0.4, 0.5) is 17.2 Å². The molecule has 2 aliphatic heterocycles. The van der Waals surface area contributed by atoms with Gasteiger partial charge in [-0.05, 0) is 24.3 Å². The van der Waals surface area contributed by atoms with Gasteiger partial charge in [-0.15, -0.1) is 10.2 Å². The summed E-state index contributed by atoms with van der Waals surface area (Å²) in [7, 11) is 0. The van der Waals surface area contributed by atoms with E-state index in [0.29, 0.717) is 63.7 Å². The van der Waals surface area contributed by atoms with Gasteiger partial charge in [-0.1, -0.05) is 30.3 Å². The van der Waals surface area contributed by atoms with Crippen molar-refractivity contribution < 1.29 is 14.5 Å². The molecule has 2 aliphatic rings. The fraction of sp³-hybridized carbons (Fsp3) is 0.320. The van der Waals surface area contributed by atoms with E-state index < -0.39 is 4.92 Å². The van der Waals surface area contributed by atoms with Crippen LogP contribution >= 0.6 is 0 Å². The molecule has 1 aromatic heterocycles.